The molecule has 0 bridgehead atoms. The zero-order valence-corrected chi connectivity index (χ0v) is 12.8. The van der Waals surface area contributed by atoms with Crippen LogP contribution in [0.25, 0.3) is 0 Å². The van der Waals surface area contributed by atoms with Crippen molar-refractivity contribution in [3.05, 3.63) is 10.7 Å². The Hall–Kier alpha value is -0.920. The van der Waals surface area contributed by atoms with Gasteiger partial charge in [0, 0.05) is 25.3 Å². The molecule has 0 spiro atoms. The van der Waals surface area contributed by atoms with Crippen LogP contribution < -0.4 is 16.6 Å². The molecule has 19 heavy (non-hydrogen) atoms. The summed E-state index contributed by atoms with van der Waals surface area (Å²) in [6.07, 6.45) is 5.21. The lowest BCUT2D eigenvalue weighted by molar-refractivity contribution is 0.219. The Morgan fingerprint density at radius 2 is 2.21 bits per heavy atom. The molecule has 1 fully saturated rings. The minimum absolute atomic E-state index is 0.425. The first-order valence-corrected chi connectivity index (χ1v) is 7.50. The fourth-order valence-corrected chi connectivity index (χ4v) is 2.65. The number of hydrogen-bond acceptors (Lipinski definition) is 6. The Labute approximate surface area is 122 Å². The standard InChI is InChI=1S/C12H21BrN6/c1-2-5-19-6-3-9(4-7-19)16-11-10(13)8-15-12(17-11)18-14/h8-9H,2-7,14H2,1H3,(H2,15,16,17,18). The average Bonchev–Trinajstić information content (AvgIpc) is 2.44. The molecule has 1 aromatic rings. The first kappa shape index (κ1) is 14.5. The van der Waals surface area contributed by atoms with Crippen LogP contribution in [0.15, 0.2) is 10.7 Å². The van der Waals surface area contributed by atoms with Gasteiger partial charge in [-0.1, -0.05) is 6.92 Å². The molecule has 0 unspecified atom stereocenters. The number of likely N-dealkylation sites (tertiary alicyclic amines) is 1. The van der Waals surface area contributed by atoms with Gasteiger partial charge >= 0.3 is 0 Å². The normalized spacial score (nSPS) is 17.4. The van der Waals surface area contributed by atoms with Gasteiger partial charge in [-0.15, -0.1) is 0 Å². The van der Waals surface area contributed by atoms with Gasteiger partial charge in [-0.3, -0.25) is 5.43 Å². The van der Waals surface area contributed by atoms with Crippen LogP contribution in [0, 0.1) is 0 Å². The molecule has 0 aromatic carbocycles. The average molecular weight is 329 g/mol. The highest BCUT2D eigenvalue weighted by Crippen LogP contribution is 2.23. The molecule has 1 saturated heterocycles. The molecule has 6 nitrogen and oxygen atoms in total. The maximum absolute atomic E-state index is 5.33. The van der Waals surface area contributed by atoms with Gasteiger partial charge in [-0.25, -0.2) is 10.8 Å². The Morgan fingerprint density at radius 1 is 1.47 bits per heavy atom. The largest absolute Gasteiger partial charge is 0.366 e. The van der Waals surface area contributed by atoms with Crippen LogP contribution in [0.1, 0.15) is 26.2 Å². The number of nitrogens with one attached hydrogen (secondary N) is 2. The second-order valence-electron chi connectivity index (χ2n) is 4.79. The van der Waals surface area contributed by atoms with Gasteiger partial charge in [0.2, 0.25) is 5.95 Å². The summed E-state index contributed by atoms with van der Waals surface area (Å²) < 4.78 is 0.863. The van der Waals surface area contributed by atoms with Crippen LogP contribution in [0.4, 0.5) is 11.8 Å². The van der Waals surface area contributed by atoms with Crippen LogP contribution in [0.2, 0.25) is 0 Å². The molecule has 0 saturated carbocycles. The molecular weight excluding hydrogens is 308 g/mol. The molecule has 106 valence electrons. The number of nitrogen functional groups attached to an aromatic ring is 1. The van der Waals surface area contributed by atoms with Crippen molar-refractivity contribution in [2.45, 2.75) is 32.2 Å². The molecular formula is C12H21BrN6. The van der Waals surface area contributed by atoms with Crippen molar-refractivity contribution in [2.24, 2.45) is 5.84 Å². The van der Waals surface area contributed by atoms with Crippen molar-refractivity contribution in [1.29, 1.82) is 0 Å². The monoisotopic (exact) mass is 328 g/mol. The Balaban J connectivity index is 1.91. The summed E-state index contributed by atoms with van der Waals surface area (Å²) in [5.41, 5.74) is 2.46. The maximum atomic E-state index is 5.33. The molecule has 2 heterocycles. The number of anilines is 2. The van der Waals surface area contributed by atoms with Gasteiger partial charge < -0.3 is 10.2 Å². The molecule has 2 rings (SSSR count). The third-order valence-electron chi connectivity index (χ3n) is 3.34. The molecule has 7 heteroatoms. The van der Waals surface area contributed by atoms with E-state index in [-0.39, 0.29) is 0 Å². The SMILES string of the molecule is CCCN1CCC(Nc2nc(NN)ncc2Br)CC1. The lowest BCUT2D eigenvalue weighted by Crippen LogP contribution is -2.39. The van der Waals surface area contributed by atoms with E-state index in [1.165, 1.54) is 13.0 Å². The predicted molar refractivity (Wildman–Crippen MR) is 80.9 cm³/mol. The summed E-state index contributed by atoms with van der Waals surface area (Å²) in [5.74, 6) is 6.56. The van der Waals surface area contributed by atoms with E-state index in [4.69, 9.17) is 5.84 Å². The summed E-state index contributed by atoms with van der Waals surface area (Å²) in [7, 11) is 0. The molecule has 1 aliphatic rings. The zero-order chi connectivity index (χ0) is 13.7. The first-order valence-electron chi connectivity index (χ1n) is 6.71. The number of hydrogen-bond donors (Lipinski definition) is 3. The highest BCUT2D eigenvalue weighted by atomic mass is 79.9. The van der Waals surface area contributed by atoms with E-state index in [2.05, 4.69) is 48.5 Å². The van der Waals surface area contributed by atoms with Crippen molar-refractivity contribution < 1.29 is 0 Å². The van der Waals surface area contributed by atoms with Crippen molar-refractivity contribution in [3.8, 4) is 0 Å². The number of hydrazine groups is 1. The highest BCUT2D eigenvalue weighted by molar-refractivity contribution is 9.10. The Kier molecular flexibility index (Phi) is 5.35. The van der Waals surface area contributed by atoms with Gasteiger partial charge in [0.1, 0.15) is 5.82 Å². The summed E-state index contributed by atoms with van der Waals surface area (Å²) in [6.45, 7) is 5.72. The van der Waals surface area contributed by atoms with Crippen LogP contribution in [0.5, 0.6) is 0 Å². The quantitative estimate of drug-likeness (QED) is 0.565. The molecule has 1 aromatic heterocycles. The smallest absolute Gasteiger partial charge is 0.239 e. The third kappa shape index (κ3) is 4.02. The summed E-state index contributed by atoms with van der Waals surface area (Å²) >= 11 is 3.46. The van der Waals surface area contributed by atoms with E-state index in [1.54, 1.807) is 6.20 Å². The fourth-order valence-electron chi connectivity index (χ4n) is 2.35. The number of nitrogens with zero attached hydrogens (tertiary/aromatic N) is 3. The fraction of sp³-hybridized carbons (Fsp3) is 0.667. The van der Waals surface area contributed by atoms with Crippen LogP contribution in [-0.4, -0.2) is 40.5 Å². The van der Waals surface area contributed by atoms with E-state index in [1.807, 2.05) is 0 Å². The topological polar surface area (TPSA) is 79.1 Å². The lowest BCUT2D eigenvalue weighted by Gasteiger charge is -2.32. The van der Waals surface area contributed by atoms with Crippen molar-refractivity contribution in [3.63, 3.8) is 0 Å². The van der Waals surface area contributed by atoms with E-state index in [0.29, 0.717) is 12.0 Å². The second-order valence-corrected chi connectivity index (χ2v) is 5.65. The number of halogens is 1. The summed E-state index contributed by atoms with van der Waals surface area (Å²) in [4.78, 5) is 10.9. The van der Waals surface area contributed by atoms with Gasteiger partial charge in [0.25, 0.3) is 0 Å². The van der Waals surface area contributed by atoms with Crippen molar-refractivity contribution in [2.75, 3.05) is 30.4 Å². The second kappa shape index (κ2) is 7.02. The molecule has 0 amide bonds. The van der Waals surface area contributed by atoms with Crippen LogP contribution in [0.3, 0.4) is 0 Å². The van der Waals surface area contributed by atoms with Crippen molar-refractivity contribution in [1.82, 2.24) is 14.9 Å². The van der Waals surface area contributed by atoms with Gasteiger partial charge in [-0.05, 0) is 41.7 Å². The molecule has 0 radical (unpaired) electrons. The number of aromatic nitrogens is 2. The molecule has 1 aliphatic heterocycles. The third-order valence-corrected chi connectivity index (χ3v) is 3.92. The van der Waals surface area contributed by atoms with Crippen molar-refractivity contribution >= 4 is 27.7 Å². The molecule has 0 aliphatic carbocycles. The molecule has 4 N–H and O–H groups in total. The number of rotatable bonds is 5. The van der Waals surface area contributed by atoms with Gasteiger partial charge in [0.05, 0.1) is 4.47 Å². The minimum atomic E-state index is 0.425. The Bertz CT molecular complexity index is 405. The lowest BCUT2D eigenvalue weighted by atomic mass is 10.0. The highest BCUT2D eigenvalue weighted by Gasteiger charge is 2.19. The van der Waals surface area contributed by atoms with E-state index < -0.39 is 0 Å². The number of nitrogens with two attached hydrogens (primary N) is 1. The van der Waals surface area contributed by atoms with Crippen LogP contribution >= 0.6 is 15.9 Å². The van der Waals surface area contributed by atoms with E-state index in [0.717, 1.165) is 36.2 Å². The summed E-state index contributed by atoms with van der Waals surface area (Å²) in [6, 6.07) is 0.463. The maximum Gasteiger partial charge on any atom is 0.239 e. The predicted octanol–water partition coefficient (Wildman–Crippen LogP) is 1.81. The first-order chi connectivity index (χ1) is 9.22. The van der Waals surface area contributed by atoms with E-state index in [9.17, 15) is 0 Å². The van der Waals surface area contributed by atoms with Crippen LogP contribution in [-0.2, 0) is 0 Å². The minimum Gasteiger partial charge on any atom is -0.366 e. The zero-order valence-electron chi connectivity index (χ0n) is 11.2. The van der Waals surface area contributed by atoms with Gasteiger partial charge in [-0.2, -0.15) is 4.98 Å². The Morgan fingerprint density at radius 3 is 2.84 bits per heavy atom. The van der Waals surface area contributed by atoms with Gasteiger partial charge in [0.15, 0.2) is 0 Å². The summed E-state index contributed by atoms with van der Waals surface area (Å²) in [5, 5.41) is 3.47. The van der Waals surface area contributed by atoms with E-state index >= 15 is 0 Å². The number of piperidine rings is 1. The molecule has 0 atom stereocenters.